The Morgan fingerprint density at radius 1 is 1.61 bits per heavy atom. The highest BCUT2D eigenvalue weighted by Crippen LogP contribution is 2.30. The number of carbonyl (C=O) groups excluding carboxylic acids is 1. The number of nitrogens with one attached hydrogen (secondary N) is 1. The fourth-order valence-corrected chi connectivity index (χ4v) is 1.61. The van der Waals surface area contributed by atoms with Gasteiger partial charge in [-0.3, -0.25) is 0 Å². The number of carbonyl (C=O) groups is 1. The van der Waals surface area contributed by atoms with Crippen LogP contribution < -0.4 is 14.8 Å². The lowest BCUT2D eigenvalue weighted by Crippen LogP contribution is -2.22. The van der Waals surface area contributed by atoms with E-state index in [0.29, 0.717) is 23.6 Å². The second-order valence-corrected chi connectivity index (χ2v) is 3.67. The number of hydrogen-bond acceptors (Lipinski definition) is 5. The van der Waals surface area contributed by atoms with Crippen LogP contribution in [-0.2, 0) is 4.74 Å². The fourth-order valence-electron chi connectivity index (χ4n) is 1.61. The van der Waals surface area contributed by atoms with Crippen molar-refractivity contribution in [2.75, 3.05) is 20.3 Å². The van der Waals surface area contributed by atoms with Crippen LogP contribution in [0.2, 0.25) is 0 Å². The first-order chi connectivity index (χ1) is 8.74. The Hall–Kier alpha value is -2.42. The van der Waals surface area contributed by atoms with E-state index in [-0.39, 0.29) is 12.7 Å². The van der Waals surface area contributed by atoms with Gasteiger partial charge < -0.3 is 19.5 Å². The van der Waals surface area contributed by atoms with Crippen LogP contribution >= 0.6 is 0 Å². The molecule has 1 aliphatic heterocycles. The topological polar surface area (TPSA) is 80.6 Å². The summed E-state index contributed by atoms with van der Waals surface area (Å²) in [7, 11) is 1.50. The predicted octanol–water partition coefficient (Wildman–Crippen LogP) is 1.05. The molecule has 6 heteroatoms. The second kappa shape index (κ2) is 5.27. The molecule has 1 amide bonds. The first kappa shape index (κ1) is 12.0. The van der Waals surface area contributed by atoms with E-state index < -0.39 is 6.09 Å². The summed E-state index contributed by atoms with van der Waals surface area (Å²) in [5.41, 5.74) is 0.381. The fraction of sp³-hybridized carbons (Fsp3) is 0.333. The van der Waals surface area contributed by atoms with E-state index in [1.54, 1.807) is 18.2 Å². The normalized spacial score (nSPS) is 17.6. The molecule has 1 aliphatic rings. The third-order valence-corrected chi connectivity index (χ3v) is 2.48. The van der Waals surface area contributed by atoms with Gasteiger partial charge in [-0.25, -0.2) is 4.79 Å². The molecule has 0 saturated carbocycles. The summed E-state index contributed by atoms with van der Waals surface area (Å²) in [4.78, 5) is 10.8. The maximum Gasteiger partial charge on any atom is 0.407 e. The Morgan fingerprint density at radius 2 is 2.44 bits per heavy atom. The van der Waals surface area contributed by atoms with E-state index in [4.69, 9.17) is 19.5 Å². The van der Waals surface area contributed by atoms with E-state index in [9.17, 15) is 4.79 Å². The van der Waals surface area contributed by atoms with Gasteiger partial charge >= 0.3 is 6.09 Å². The first-order valence-corrected chi connectivity index (χ1v) is 5.39. The van der Waals surface area contributed by atoms with Crippen LogP contribution in [0.25, 0.3) is 0 Å². The number of amides is 1. The molecule has 0 bridgehead atoms. The lowest BCUT2D eigenvalue weighted by molar-refractivity contribution is 0.103. The van der Waals surface area contributed by atoms with Crippen LogP contribution in [0, 0.1) is 11.3 Å². The van der Waals surface area contributed by atoms with Crippen LogP contribution in [0.4, 0.5) is 4.79 Å². The molecule has 18 heavy (non-hydrogen) atoms. The molecule has 94 valence electrons. The van der Waals surface area contributed by atoms with Crippen molar-refractivity contribution in [1.29, 1.82) is 5.26 Å². The lowest BCUT2D eigenvalue weighted by atomic mass is 10.2. The minimum Gasteiger partial charge on any atom is -0.493 e. The number of cyclic esters (lactones) is 1. The zero-order chi connectivity index (χ0) is 13.0. The van der Waals surface area contributed by atoms with E-state index in [2.05, 4.69) is 5.32 Å². The van der Waals surface area contributed by atoms with E-state index >= 15 is 0 Å². The number of ether oxygens (including phenoxy) is 3. The molecule has 1 aromatic rings. The Kier molecular flexibility index (Phi) is 3.53. The van der Waals surface area contributed by atoms with Crippen molar-refractivity contribution in [2.45, 2.75) is 6.10 Å². The van der Waals surface area contributed by atoms with E-state index in [1.165, 1.54) is 7.11 Å². The summed E-state index contributed by atoms with van der Waals surface area (Å²) in [6.45, 7) is 0.573. The summed E-state index contributed by atoms with van der Waals surface area (Å²) in [6.07, 6.45) is -0.807. The molecule has 0 aromatic heterocycles. The zero-order valence-corrected chi connectivity index (χ0v) is 9.80. The highest BCUT2D eigenvalue weighted by molar-refractivity contribution is 5.69. The zero-order valence-electron chi connectivity index (χ0n) is 9.80. The van der Waals surface area contributed by atoms with Gasteiger partial charge in [0.15, 0.2) is 17.6 Å². The molecule has 2 rings (SSSR count). The van der Waals surface area contributed by atoms with E-state index in [1.807, 2.05) is 6.07 Å². The lowest BCUT2D eigenvalue weighted by Gasteiger charge is -2.14. The van der Waals surface area contributed by atoms with Crippen LogP contribution in [0.3, 0.4) is 0 Å². The number of methoxy groups -OCH3 is 1. The molecule has 1 fully saturated rings. The van der Waals surface area contributed by atoms with Gasteiger partial charge in [0.2, 0.25) is 0 Å². The van der Waals surface area contributed by atoms with Crippen LogP contribution in [0.15, 0.2) is 18.2 Å². The van der Waals surface area contributed by atoms with Crippen molar-refractivity contribution in [3.63, 3.8) is 0 Å². The highest BCUT2D eigenvalue weighted by Gasteiger charge is 2.24. The second-order valence-electron chi connectivity index (χ2n) is 3.67. The van der Waals surface area contributed by atoms with Gasteiger partial charge in [-0.15, -0.1) is 0 Å². The highest BCUT2D eigenvalue weighted by atomic mass is 16.6. The molecule has 1 heterocycles. The number of rotatable bonds is 4. The average molecular weight is 248 g/mol. The molecule has 0 radical (unpaired) electrons. The Labute approximate surface area is 104 Å². The standard InChI is InChI=1S/C12H12N2O4/c1-16-10-4-2-3-8(5-13)11(10)17-7-9-6-14-12(15)18-9/h2-4,9H,6-7H2,1H3,(H,14,15). The minimum absolute atomic E-state index is 0.174. The monoisotopic (exact) mass is 248 g/mol. The largest absolute Gasteiger partial charge is 0.493 e. The number of nitrogens with zero attached hydrogens (tertiary/aromatic N) is 1. The van der Waals surface area contributed by atoms with Crippen molar-refractivity contribution in [3.8, 4) is 17.6 Å². The molecular weight excluding hydrogens is 236 g/mol. The van der Waals surface area contributed by atoms with Crippen molar-refractivity contribution in [2.24, 2.45) is 0 Å². The number of nitriles is 1. The van der Waals surface area contributed by atoms with Gasteiger partial charge in [0, 0.05) is 0 Å². The number of alkyl carbamates (subject to hydrolysis) is 1. The van der Waals surface area contributed by atoms with Gasteiger partial charge in [0.05, 0.1) is 19.2 Å². The third-order valence-electron chi connectivity index (χ3n) is 2.48. The maximum absolute atomic E-state index is 10.8. The van der Waals surface area contributed by atoms with Gasteiger partial charge in [0.25, 0.3) is 0 Å². The molecular formula is C12H12N2O4. The third kappa shape index (κ3) is 2.46. The molecule has 1 aromatic carbocycles. The average Bonchev–Trinajstić information content (AvgIpc) is 2.81. The maximum atomic E-state index is 10.8. The molecule has 1 atom stereocenters. The number of hydrogen-bond donors (Lipinski definition) is 1. The van der Waals surface area contributed by atoms with Crippen LogP contribution in [-0.4, -0.2) is 32.5 Å². The van der Waals surface area contributed by atoms with Crippen molar-refractivity contribution in [1.82, 2.24) is 5.32 Å². The van der Waals surface area contributed by atoms with Crippen molar-refractivity contribution >= 4 is 6.09 Å². The first-order valence-electron chi connectivity index (χ1n) is 5.39. The summed E-state index contributed by atoms with van der Waals surface area (Å²) in [5, 5.41) is 11.5. The molecule has 0 spiro atoms. The van der Waals surface area contributed by atoms with Gasteiger partial charge in [0.1, 0.15) is 12.7 Å². The smallest absolute Gasteiger partial charge is 0.407 e. The summed E-state index contributed by atoms with van der Waals surface area (Å²) in [5.74, 6) is 0.844. The Morgan fingerprint density at radius 3 is 3.06 bits per heavy atom. The Bertz CT molecular complexity index is 495. The molecule has 1 unspecified atom stereocenters. The van der Waals surface area contributed by atoms with Gasteiger partial charge in [-0.2, -0.15) is 5.26 Å². The van der Waals surface area contributed by atoms with Gasteiger partial charge in [-0.1, -0.05) is 6.07 Å². The van der Waals surface area contributed by atoms with E-state index in [0.717, 1.165) is 0 Å². The minimum atomic E-state index is -0.455. The number of benzene rings is 1. The van der Waals surface area contributed by atoms with Crippen molar-refractivity contribution in [3.05, 3.63) is 23.8 Å². The molecule has 1 saturated heterocycles. The molecule has 1 N–H and O–H groups in total. The van der Waals surface area contributed by atoms with Crippen molar-refractivity contribution < 1.29 is 19.0 Å². The van der Waals surface area contributed by atoms with Gasteiger partial charge in [-0.05, 0) is 12.1 Å². The Balaban J connectivity index is 2.08. The SMILES string of the molecule is COc1cccc(C#N)c1OCC1CNC(=O)O1. The quantitative estimate of drug-likeness (QED) is 0.861. The molecule has 6 nitrogen and oxygen atoms in total. The molecule has 0 aliphatic carbocycles. The van der Waals surface area contributed by atoms with Crippen LogP contribution in [0.5, 0.6) is 11.5 Å². The summed E-state index contributed by atoms with van der Waals surface area (Å²) in [6, 6.07) is 7.07. The van der Waals surface area contributed by atoms with Crippen LogP contribution in [0.1, 0.15) is 5.56 Å². The summed E-state index contributed by atoms with van der Waals surface area (Å²) >= 11 is 0. The predicted molar refractivity (Wildman–Crippen MR) is 61.5 cm³/mol. The number of para-hydroxylation sites is 1. The summed E-state index contributed by atoms with van der Waals surface area (Å²) < 4.78 is 15.6.